The fourth-order valence-corrected chi connectivity index (χ4v) is 3.28. The molecule has 2 aromatic rings. The Balaban J connectivity index is 1.56. The summed E-state index contributed by atoms with van der Waals surface area (Å²) < 4.78 is 16.4. The highest BCUT2D eigenvalue weighted by Crippen LogP contribution is 2.25. The number of Topliss-reactive ketones (excluding diaryl/α,β-unsaturated/α-hetero) is 1. The average Bonchev–Trinajstić information content (AvgIpc) is 2.82. The van der Waals surface area contributed by atoms with Crippen molar-refractivity contribution in [2.45, 2.75) is 50.5 Å². The minimum absolute atomic E-state index is 0.101. The van der Waals surface area contributed by atoms with E-state index in [0.29, 0.717) is 18.6 Å². The summed E-state index contributed by atoms with van der Waals surface area (Å²) in [6.07, 6.45) is -3.04. The van der Waals surface area contributed by atoms with Gasteiger partial charge in [-0.2, -0.15) is 0 Å². The monoisotopic (exact) mass is 456 g/mol. The van der Waals surface area contributed by atoms with E-state index in [1.807, 2.05) is 30.3 Å². The first-order valence-corrected chi connectivity index (χ1v) is 10.7. The van der Waals surface area contributed by atoms with Crippen LogP contribution in [0.1, 0.15) is 24.5 Å². The molecule has 1 heterocycles. The molecule has 0 bridgehead atoms. The number of aliphatic hydroxyl groups excluding tert-OH is 3. The molecule has 176 valence electrons. The van der Waals surface area contributed by atoms with E-state index in [1.165, 1.54) is 13.0 Å². The second-order valence-corrected chi connectivity index (χ2v) is 7.85. The molecule has 33 heavy (non-hydrogen) atoms. The molecule has 1 aliphatic rings. The predicted octanol–water partition coefficient (Wildman–Crippen LogP) is 1.65. The van der Waals surface area contributed by atoms with E-state index in [2.05, 4.69) is 0 Å². The smallest absolute Gasteiger partial charge is 0.330 e. The van der Waals surface area contributed by atoms with Crippen LogP contribution in [-0.2, 0) is 25.5 Å². The molecule has 0 amide bonds. The molecular formula is C25H28O8. The number of ketones is 1. The second kappa shape index (κ2) is 11.7. The van der Waals surface area contributed by atoms with E-state index in [9.17, 15) is 24.9 Å². The van der Waals surface area contributed by atoms with Gasteiger partial charge in [-0.05, 0) is 42.7 Å². The van der Waals surface area contributed by atoms with Crippen LogP contribution in [0, 0.1) is 0 Å². The second-order valence-electron chi connectivity index (χ2n) is 7.85. The van der Waals surface area contributed by atoms with Gasteiger partial charge in [-0.25, -0.2) is 4.79 Å². The summed E-state index contributed by atoms with van der Waals surface area (Å²) in [6, 6.07) is 16.1. The lowest BCUT2D eigenvalue weighted by Crippen LogP contribution is -2.60. The molecule has 1 fully saturated rings. The van der Waals surface area contributed by atoms with E-state index in [0.717, 1.165) is 11.1 Å². The van der Waals surface area contributed by atoms with Crippen molar-refractivity contribution in [1.29, 1.82) is 0 Å². The summed E-state index contributed by atoms with van der Waals surface area (Å²) in [7, 11) is 0. The van der Waals surface area contributed by atoms with Gasteiger partial charge in [0.1, 0.15) is 42.6 Å². The topological polar surface area (TPSA) is 123 Å². The quantitative estimate of drug-likeness (QED) is 0.385. The zero-order valence-electron chi connectivity index (χ0n) is 18.2. The minimum Gasteiger partial charge on any atom is -0.462 e. The molecule has 1 saturated heterocycles. The normalized spacial score (nSPS) is 25.0. The summed E-state index contributed by atoms with van der Waals surface area (Å²) in [5.41, 5.74) is 1.77. The lowest BCUT2D eigenvalue weighted by atomic mass is 9.99. The molecule has 2 aromatic carbocycles. The van der Waals surface area contributed by atoms with Crippen LogP contribution in [0.4, 0.5) is 0 Å². The van der Waals surface area contributed by atoms with Gasteiger partial charge in [0.25, 0.3) is 0 Å². The van der Waals surface area contributed by atoms with Gasteiger partial charge in [-0.1, -0.05) is 42.5 Å². The summed E-state index contributed by atoms with van der Waals surface area (Å²) >= 11 is 0. The Morgan fingerprint density at radius 2 is 1.67 bits per heavy atom. The van der Waals surface area contributed by atoms with Crippen LogP contribution in [0.2, 0.25) is 0 Å². The van der Waals surface area contributed by atoms with E-state index >= 15 is 0 Å². The number of carbonyl (C=O) groups excluding carboxylic acids is 2. The Morgan fingerprint density at radius 1 is 0.970 bits per heavy atom. The fraction of sp³-hybridized carbons (Fsp3) is 0.360. The van der Waals surface area contributed by atoms with Crippen LogP contribution in [0.25, 0.3) is 6.08 Å². The third-order valence-electron chi connectivity index (χ3n) is 5.21. The van der Waals surface area contributed by atoms with Gasteiger partial charge in [-0.15, -0.1) is 0 Å². The molecule has 8 nitrogen and oxygen atoms in total. The molecule has 0 spiro atoms. The zero-order chi connectivity index (χ0) is 23.8. The SMILES string of the molecule is CC(=O)CCc1ccc(O[C@@H]2O[C@H](COC(=O)/C=C/c3ccccc3)[C@@H](O)[C@H](O)[C@H]2O)cc1. The van der Waals surface area contributed by atoms with Crippen LogP contribution in [-0.4, -0.2) is 64.4 Å². The van der Waals surface area contributed by atoms with Crippen molar-refractivity contribution < 1.29 is 39.1 Å². The number of carbonyl (C=O) groups is 2. The highest BCUT2D eigenvalue weighted by molar-refractivity contribution is 5.87. The number of ether oxygens (including phenoxy) is 3. The van der Waals surface area contributed by atoms with Crippen molar-refractivity contribution in [3.05, 3.63) is 71.8 Å². The van der Waals surface area contributed by atoms with Crippen LogP contribution in [0.15, 0.2) is 60.7 Å². The summed E-state index contributed by atoms with van der Waals surface area (Å²) in [6.45, 7) is 1.19. The number of aryl methyl sites for hydroxylation is 1. The van der Waals surface area contributed by atoms with E-state index in [1.54, 1.807) is 30.3 Å². The maximum Gasteiger partial charge on any atom is 0.330 e. The van der Waals surface area contributed by atoms with E-state index in [-0.39, 0.29) is 12.4 Å². The van der Waals surface area contributed by atoms with Crippen molar-refractivity contribution in [2.24, 2.45) is 0 Å². The van der Waals surface area contributed by atoms with Crippen molar-refractivity contribution in [1.82, 2.24) is 0 Å². The van der Waals surface area contributed by atoms with Crippen LogP contribution in [0.3, 0.4) is 0 Å². The molecular weight excluding hydrogens is 428 g/mol. The average molecular weight is 456 g/mol. The number of benzene rings is 2. The molecule has 5 atom stereocenters. The third kappa shape index (κ3) is 7.23. The van der Waals surface area contributed by atoms with Crippen LogP contribution in [0.5, 0.6) is 5.75 Å². The lowest BCUT2D eigenvalue weighted by molar-refractivity contribution is -0.278. The molecule has 0 radical (unpaired) electrons. The van der Waals surface area contributed by atoms with Crippen LogP contribution < -0.4 is 4.74 Å². The first-order chi connectivity index (χ1) is 15.8. The van der Waals surface area contributed by atoms with E-state index < -0.39 is 36.7 Å². The summed E-state index contributed by atoms with van der Waals surface area (Å²) in [5.74, 6) is -0.173. The zero-order valence-corrected chi connectivity index (χ0v) is 18.2. The first kappa shape index (κ1) is 24.6. The third-order valence-corrected chi connectivity index (χ3v) is 5.21. The largest absolute Gasteiger partial charge is 0.462 e. The predicted molar refractivity (Wildman–Crippen MR) is 119 cm³/mol. The Morgan fingerprint density at radius 3 is 2.33 bits per heavy atom. The maximum absolute atomic E-state index is 12.0. The van der Waals surface area contributed by atoms with Crippen molar-refractivity contribution in [3.8, 4) is 5.75 Å². The molecule has 8 heteroatoms. The fourth-order valence-electron chi connectivity index (χ4n) is 3.28. The molecule has 0 saturated carbocycles. The maximum atomic E-state index is 12.0. The van der Waals surface area contributed by atoms with Crippen molar-refractivity contribution in [2.75, 3.05) is 6.61 Å². The minimum atomic E-state index is -1.55. The number of aliphatic hydroxyl groups is 3. The number of hydrogen-bond acceptors (Lipinski definition) is 8. The van der Waals surface area contributed by atoms with Gasteiger partial charge in [-0.3, -0.25) is 0 Å². The van der Waals surface area contributed by atoms with Gasteiger partial charge < -0.3 is 34.3 Å². The number of hydrogen-bond donors (Lipinski definition) is 3. The van der Waals surface area contributed by atoms with Gasteiger partial charge in [0.15, 0.2) is 0 Å². The highest BCUT2D eigenvalue weighted by atomic mass is 16.7. The van der Waals surface area contributed by atoms with Crippen molar-refractivity contribution >= 4 is 17.8 Å². The number of rotatable bonds is 9. The Kier molecular flexibility index (Phi) is 8.73. The van der Waals surface area contributed by atoms with E-state index in [4.69, 9.17) is 14.2 Å². The molecule has 3 N–H and O–H groups in total. The number of esters is 1. The van der Waals surface area contributed by atoms with Crippen molar-refractivity contribution in [3.63, 3.8) is 0 Å². The Labute approximate surface area is 192 Å². The summed E-state index contributed by atoms with van der Waals surface area (Å²) in [5, 5.41) is 30.7. The van der Waals surface area contributed by atoms with Crippen LogP contribution >= 0.6 is 0 Å². The Bertz CT molecular complexity index is 941. The first-order valence-electron chi connectivity index (χ1n) is 10.7. The molecule has 0 aliphatic carbocycles. The Hall–Kier alpha value is -3.04. The highest BCUT2D eigenvalue weighted by Gasteiger charge is 2.45. The molecule has 0 aromatic heterocycles. The molecule has 3 rings (SSSR count). The van der Waals surface area contributed by atoms with Gasteiger partial charge in [0.2, 0.25) is 6.29 Å². The van der Waals surface area contributed by atoms with Gasteiger partial charge in [0, 0.05) is 12.5 Å². The molecule has 1 aliphatic heterocycles. The van der Waals surface area contributed by atoms with Gasteiger partial charge >= 0.3 is 5.97 Å². The lowest BCUT2D eigenvalue weighted by Gasteiger charge is -2.39. The molecule has 0 unspecified atom stereocenters. The summed E-state index contributed by atoms with van der Waals surface area (Å²) in [4.78, 5) is 23.1. The standard InChI is InChI=1S/C25H28O8/c1-16(26)7-8-18-9-12-19(13-10-18)32-25-24(30)23(29)22(28)20(33-25)15-31-21(27)14-11-17-5-3-2-4-6-17/h2-6,9-14,20,22-25,28-30H,7-8,15H2,1H3/b14-11+/t20-,22-,23+,24-,25-/m1/s1. The van der Waals surface area contributed by atoms with Gasteiger partial charge in [0.05, 0.1) is 0 Å².